The van der Waals surface area contributed by atoms with E-state index in [1.54, 1.807) is 6.33 Å². The van der Waals surface area contributed by atoms with E-state index < -0.39 is 0 Å². The van der Waals surface area contributed by atoms with Crippen molar-refractivity contribution in [2.75, 3.05) is 36.5 Å². The molecule has 1 aliphatic rings. The highest BCUT2D eigenvalue weighted by Crippen LogP contribution is 2.23. The molecule has 1 atom stereocenters. The molecule has 5 nitrogen and oxygen atoms in total. The highest BCUT2D eigenvalue weighted by atomic mass is 16.5. The molecular formula is C14H24N4O. The van der Waals surface area contributed by atoms with E-state index in [0.717, 1.165) is 56.3 Å². The van der Waals surface area contributed by atoms with Crippen molar-refractivity contribution in [3.63, 3.8) is 0 Å². The normalized spacial score (nSPS) is 20.2. The van der Waals surface area contributed by atoms with Crippen molar-refractivity contribution >= 4 is 11.6 Å². The zero-order valence-corrected chi connectivity index (χ0v) is 12.1. The van der Waals surface area contributed by atoms with Crippen molar-refractivity contribution < 1.29 is 4.74 Å². The van der Waals surface area contributed by atoms with Crippen molar-refractivity contribution in [1.29, 1.82) is 0 Å². The van der Waals surface area contributed by atoms with E-state index in [-0.39, 0.29) is 6.10 Å². The molecule has 0 bridgehead atoms. The van der Waals surface area contributed by atoms with E-state index in [9.17, 15) is 0 Å². The monoisotopic (exact) mass is 264 g/mol. The number of ether oxygens (including phenoxy) is 1. The zero-order chi connectivity index (χ0) is 13.7. The first-order valence-electron chi connectivity index (χ1n) is 7.14. The van der Waals surface area contributed by atoms with Crippen LogP contribution in [-0.4, -0.2) is 42.3 Å². The Bertz CT molecular complexity index is 410. The minimum absolute atomic E-state index is 0.254. The predicted octanol–water partition coefficient (Wildman–Crippen LogP) is 2.22. The molecule has 19 heavy (non-hydrogen) atoms. The largest absolute Gasteiger partial charge is 0.377 e. The smallest absolute Gasteiger partial charge is 0.137 e. The lowest BCUT2D eigenvalue weighted by Gasteiger charge is -2.25. The first-order chi connectivity index (χ1) is 9.22. The zero-order valence-electron chi connectivity index (χ0n) is 12.1. The van der Waals surface area contributed by atoms with Crippen LogP contribution in [0.25, 0.3) is 0 Å². The van der Waals surface area contributed by atoms with Crippen molar-refractivity contribution in [2.24, 2.45) is 0 Å². The summed E-state index contributed by atoms with van der Waals surface area (Å²) in [6.45, 7) is 10.0. The van der Waals surface area contributed by atoms with Crippen LogP contribution in [0.1, 0.15) is 32.3 Å². The van der Waals surface area contributed by atoms with Crippen LogP contribution >= 0.6 is 0 Å². The van der Waals surface area contributed by atoms with Gasteiger partial charge in [0.15, 0.2) is 0 Å². The second-order valence-corrected chi connectivity index (χ2v) is 5.08. The van der Waals surface area contributed by atoms with E-state index in [2.05, 4.69) is 41.0 Å². The Hall–Kier alpha value is -1.36. The van der Waals surface area contributed by atoms with E-state index >= 15 is 0 Å². The molecule has 1 aromatic heterocycles. The Morgan fingerprint density at radius 2 is 2.32 bits per heavy atom. The summed E-state index contributed by atoms with van der Waals surface area (Å²) in [6.07, 6.45) is 4.04. The van der Waals surface area contributed by atoms with Gasteiger partial charge in [0.25, 0.3) is 0 Å². The molecule has 0 radical (unpaired) electrons. The molecule has 2 heterocycles. The van der Waals surface area contributed by atoms with Gasteiger partial charge in [0.2, 0.25) is 0 Å². The molecule has 0 saturated carbocycles. The first-order valence-corrected chi connectivity index (χ1v) is 7.14. The van der Waals surface area contributed by atoms with Crippen LogP contribution in [0.4, 0.5) is 11.6 Å². The van der Waals surface area contributed by atoms with Gasteiger partial charge in [-0.15, -0.1) is 0 Å². The SMILES string of the molecule is CCCNc1ncnc(N2CCCOC(C)C2)c1C. The summed E-state index contributed by atoms with van der Waals surface area (Å²) in [5.41, 5.74) is 1.13. The summed E-state index contributed by atoms with van der Waals surface area (Å²) in [6, 6.07) is 0. The Morgan fingerprint density at radius 3 is 3.11 bits per heavy atom. The third-order valence-corrected chi connectivity index (χ3v) is 3.35. The van der Waals surface area contributed by atoms with Gasteiger partial charge in [0.1, 0.15) is 18.0 Å². The molecule has 106 valence electrons. The number of nitrogens with one attached hydrogen (secondary N) is 1. The van der Waals surface area contributed by atoms with Gasteiger partial charge in [0, 0.05) is 31.8 Å². The van der Waals surface area contributed by atoms with E-state index in [1.165, 1.54) is 0 Å². The Kier molecular flexibility index (Phi) is 4.96. The fourth-order valence-electron chi connectivity index (χ4n) is 2.37. The molecule has 0 spiro atoms. The molecule has 5 heteroatoms. The number of anilines is 2. The molecule has 1 aromatic rings. The van der Waals surface area contributed by atoms with Gasteiger partial charge in [-0.05, 0) is 26.7 Å². The molecule has 1 unspecified atom stereocenters. The fourth-order valence-corrected chi connectivity index (χ4v) is 2.37. The number of aromatic nitrogens is 2. The van der Waals surface area contributed by atoms with Crippen LogP contribution in [0.15, 0.2) is 6.33 Å². The second-order valence-electron chi connectivity index (χ2n) is 5.08. The Morgan fingerprint density at radius 1 is 1.47 bits per heavy atom. The maximum atomic E-state index is 5.69. The average Bonchev–Trinajstić information content (AvgIpc) is 2.62. The molecule has 1 saturated heterocycles. The number of hydrogen-bond acceptors (Lipinski definition) is 5. The van der Waals surface area contributed by atoms with Crippen LogP contribution in [0.5, 0.6) is 0 Å². The molecular weight excluding hydrogens is 240 g/mol. The maximum Gasteiger partial charge on any atom is 0.137 e. The van der Waals surface area contributed by atoms with Crippen molar-refractivity contribution in [2.45, 2.75) is 39.7 Å². The number of hydrogen-bond donors (Lipinski definition) is 1. The van der Waals surface area contributed by atoms with Crippen LogP contribution in [0.3, 0.4) is 0 Å². The van der Waals surface area contributed by atoms with Crippen molar-refractivity contribution in [3.05, 3.63) is 11.9 Å². The van der Waals surface area contributed by atoms with Crippen LogP contribution in [-0.2, 0) is 4.74 Å². The molecule has 1 aliphatic heterocycles. The standard InChI is InChI=1S/C14H24N4O/c1-4-6-15-13-12(3)14(17-10-16-13)18-7-5-8-19-11(2)9-18/h10-11H,4-9H2,1-3H3,(H,15,16,17). The topological polar surface area (TPSA) is 50.3 Å². The van der Waals surface area contributed by atoms with Gasteiger partial charge >= 0.3 is 0 Å². The first kappa shape index (κ1) is 14.1. The van der Waals surface area contributed by atoms with Crippen molar-refractivity contribution in [3.8, 4) is 0 Å². The minimum Gasteiger partial charge on any atom is -0.377 e. The fraction of sp³-hybridized carbons (Fsp3) is 0.714. The molecule has 0 amide bonds. The van der Waals surface area contributed by atoms with E-state index in [1.807, 2.05) is 0 Å². The van der Waals surface area contributed by atoms with Gasteiger partial charge in [-0.3, -0.25) is 0 Å². The highest BCUT2D eigenvalue weighted by Gasteiger charge is 2.19. The van der Waals surface area contributed by atoms with E-state index in [4.69, 9.17) is 4.74 Å². The molecule has 0 aromatic carbocycles. The summed E-state index contributed by atoms with van der Waals surface area (Å²) in [4.78, 5) is 11.1. The van der Waals surface area contributed by atoms with Gasteiger partial charge in [-0.2, -0.15) is 0 Å². The summed E-state index contributed by atoms with van der Waals surface area (Å²) < 4.78 is 5.69. The van der Waals surface area contributed by atoms with Crippen molar-refractivity contribution in [1.82, 2.24) is 9.97 Å². The summed E-state index contributed by atoms with van der Waals surface area (Å²) in [7, 11) is 0. The van der Waals surface area contributed by atoms with Gasteiger partial charge in [-0.1, -0.05) is 6.92 Å². The minimum atomic E-state index is 0.254. The quantitative estimate of drug-likeness (QED) is 0.903. The van der Waals surface area contributed by atoms with Gasteiger partial charge < -0.3 is 15.0 Å². The third-order valence-electron chi connectivity index (χ3n) is 3.35. The predicted molar refractivity (Wildman–Crippen MR) is 77.8 cm³/mol. The van der Waals surface area contributed by atoms with Gasteiger partial charge in [0.05, 0.1) is 6.10 Å². The summed E-state index contributed by atoms with van der Waals surface area (Å²) in [5, 5.41) is 3.36. The molecule has 1 N–H and O–H groups in total. The lowest BCUT2D eigenvalue weighted by atomic mass is 10.2. The maximum absolute atomic E-state index is 5.69. The average molecular weight is 264 g/mol. The molecule has 1 fully saturated rings. The number of nitrogens with zero attached hydrogens (tertiary/aromatic N) is 3. The lowest BCUT2D eigenvalue weighted by Crippen LogP contribution is -2.31. The van der Waals surface area contributed by atoms with Crippen LogP contribution in [0, 0.1) is 6.92 Å². The third kappa shape index (κ3) is 3.56. The molecule has 0 aliphatic carbocycles. The summed E-state index contributed by atoms with van der Waals surface area (Å²) >= 11 is 0. The van der Waals surface area contributed by atoms with Gasteiger partial charge in [-0.25, -0.2) is 9.97 Å². The number of rotatable bonds is 4. The van der Waals surface area contributed by atoms with E-state index in [0.29, 0.717) is 0 Å². The Labute approximate surface area is 115 Å². The lowest BCUT2D eigenvalue weighted by molar-refractivity contribution is 0.0820. The Balaban J connectivity index is 2.18. The van der Waals surface area contributed by atoms with Crippen LogP contribution < -0.4 is 10.2 Å². The van der Waals surface area contributed by atoms with Crippen LogP contribution in [0.2, 0.25) is 0 Å². The second kappa shape index (κ2) is 6.70. The molecule has 2 rings (SSSR count). The highest BCUT2D eigenvalue weighted by molar-refractivity contribution is 5.58. The summed E-state index contributed by atoms with van der Waals surface area (Å²) in [5.74, 6) is 1.98.